The molecule has 0 aromatic heterocycles. The summed E-state index contributed by atoms with van der Waals surface area (Å²) in [6, 6.07) is 3.05. The topological polar surface area (TPSA) is 236 Å². The van der Waals surface area contributed by atoms with Crippen molar-refractivity contribution in [3.05, 3.63) is 52.0 Å². The maximum Gasteiger partial charge on any atom is 0.264 e. The molecular formula is C34H50N2O11S. The van der Waals surface area contributed by atoms with Crippen molar-refractivity contribution in [2.45, 2.75) is 102 Å². The van der Waals surface area contributed by atoms with E-state index in [2.05, 4.69) is 6.92 Å². The van der Waals surface area contributed by atoms with Crippen LogP contribution in [0, 0.1) is 11.8 Å². The zero-order chi connectivity index (χ0) is 36.2. The number of carbonyl (C=O) groups is 3. The highest BCUT2D eigenvalue weighted by Crippen LogP contribution is 2.56. The molecule has 0 heterocycles. The number of rotatable bonds is 13. The molecule has 1 amide bonds. The Balaban J connectivity index is 0.000000332. The van der Waals surface area contributed by atoms with Crippen molar-refractivity contribution >= 4 is 27.6 Å². The van der Waals surface area contributed by atoms with E-state index in [1.807, 2.05) is 0 Å². The van der Waals surface area contributed by atoms with E-state index in [0.717, 1.165) is 12.8 Å². The lowest BCUT2D eigenvalue weighted by molar-refractivity contribution is -0.151. The van der Waals surface area contributed by atoms with E-state index in [0.29, 0.717) is 6.42 Å². The molecule has 1 aromatic carbocycles. The number of hydrogen-bond donors (Lipinski definition) is 7. The number of benzene rings is 1. The summed E-state index contributed by atoms with van der Waals surface area (Å²) in [7, 11) is -0.669. The van der Waals surface area contributed by atoms with Gasteiger partial charge in [0, 0.05) is 17.4 Å². The van der Waals surface area contributed by atoms with Gasteiger partial charge in [-0.2, -0.15) is 8.42 Å². The minimum atomic E-state index is -3.73. The van der Waals surface area contributed by atoms with Crippen LogP contribution in [0.3, 0.4) is 0 Å². The maximum absolute atomic E-state index is 13.3. The molecule has 3 aliphatic carbocycles. The summed E-state index contributed by atoms with van der Waals surface area (Å²) in [4.78, 5) is 39.9. The SMILES string of the molecule is CCCCCCCCCCCCS(=O)(=O)O.CN(C)[C@@H]1C(O)=C(C(N)=O)C(=O)[C@@]2(O)C(O)=C3C(=O)c4c(O)cccc4[C@@](C)(O)[C@H]3C[C@@H]12. The lowest BCUT2D eigenvalue weighted by Gasteiger charge is -2.52. The molecule has 0 spiro atoms. The summed E-state index contributed by atoms with van der Waals surface area (Å²) in [5.74, 6) is -7.97. The average Bonchev–Trinajstić information content (AvgIpc) is 2.98. The summed E-state index contributed by atoms with van der Waals surface area (Å²) in [6.07, 6.45) is 11.5. The first-order chi connectivity index (χ1) is 22.3. The first kappa shape index (κ1) is 39.1. The van der Waals surface area contributed by atoms with E-state index in [-0.39, 0.29) is 23.3 Å². The van der Waals surface area contributed by atoms with Crippen molar-refractivity contribution in [2.75, 3.05) is 19.8 Å². The monoisotopic (exact) mass is 694 g/mol. The van der Waals surface area contributed by atoms with Gasteiger partial charge >= 0.3 is 0 Å². The first-order valence-corrected chi connectivity index (χ1v) is 18.1. The number of phenols is 1. The fourth-order valence-corrected chi connectivity index (χ4v) is 7.85. The summed E-state index contributed by atoms with van der Waals surface area (Å²) in [6.45, 7) is 3.62. The highest BCUT2D eigenvalue weighted by Gasteiger charge is 2.65. The van der Waals surface area contributed by atoms with E-state index in [4.69, 9.17) is 10.3 Å². The van der Waals surface area contributed by atoms with E-state index in [1.165, 1.54) is 89.1 Å². The zero-order valence-electron chi connectivity index (χ0n) is 28.1. The lowest BCUT2D eigenvalue weighted by atomic mass is 9.55. The highest BCUT2D eigenvalue weighted by atomic mass is 32.2. The van der Waals surface area contributed by atoms with E-state index >= 15 is 0 Å². The van der Waals surface area contributed by atoms with Crippen LogP contribution in [-0.4, -0.2) is 92.4 Å². The number of nitrogens with two attached hydrogens (primary N) is 1. The van der Waals surface area contributed by atoms with Gasteiger partial charge in [0.15, 0.2) is 11.4 Å². The van der Waals surface area contributed by atoms with Gasteiger partial charge < -0.3 is 31.3 Å². The van der Waals surface area contributed by atoms with E-state index in [9.17, 15) is 48.3 Å². The van der Waals surface area contributed by atoms with Gasteiger partial charge in [0.05, 0.1) is 23.0 Å². The molecule has 268 valence electrons. The number of aromatic hydroxyl groups is 1. The smallest absolute Gasteiger partial charge is 0.264 e. The molecule has 14 heteroatoms. The molecule has 0 aliphatic heterocycles. The normalized spacial score (nSPS) is 26.9. The Morgan fingerprint density at radius 1 is 0.958 bits per heavy atom. The molecule has 8 N–H and O–H groups in total. The second-order valence-corrected chi connectivity index (χ2v) is 15.0. The Bertz CT molecular complexity index is 1560. The molecule has 3 aliphatic rings. The van der Waals surface area contributed by atoms with Crippen LogP contribution in [0.15, 0.2) is 40.9 Å². The van der Waals surface area contributed by atoms with Crippen molar-refractivity contribution in [1.82, 2.24) is 4.90 Å². The summed E-state index contributed by atoms with van der Waals surface area (Å²) in [5.41, 5.74) is -0.654. The number of amides is 1. The predicted octanol–water partition coefficient (Wildman–Crippen LogP) is 3.58. The maximum atomic E-state index is 13.3. The molecule has 5 atom stereocenters. The lowest BCUT2D eigenvalue weighted by Crippen LogP contribution is -2.65. The molecule has 0 saturated carbocycles. The summed E-state index contributed by atoms with van der Waals surface area (Å²) >= 11 is 0. The number of hydrogen-bond acceptors (Lipinski definition) is 11. The summed E-state index contributed by atoms with van der Waals surface area (Å²) in [5, 5.41) is 55.0. The quantitative estimate of drug-likeness (QED) is 0.0891. The van der Waals surface area contributed by atoms with Crippen LogP contribution in [-0.2, 0) is 25.3 Å². The predicted molar refractivity (Wildman–Crippen MR) is 178 cm³/mol. The van der Waals surface area contributed by atoms with Crippen molar-refractivity contribution < 1.29 is 52.9 Å². The number of nitrogens with zero attached hydrogens (tertiary/aromatic N) is 1. The van der Waals surface area contributed by atoms with E-state index < -0.39 is 85.1 Å². The molecule has 0 unspecified atom stereocenters. The molecule has 0 fully saturated rings. The zero-order valence-corrected chi connectivity index (χ0v) is 28.9. The Hall–Kier alpha value is -3.30. The van der Waals surface area contributed by atoms with Crippen molar-refractivity contribution in [2.24, 2.45) is 17.6 Å². The number of aliphatic hydroxyl groups is 4. The first-order valence-electron chi connectivity index (χ1n) is 16.5. The van der Waals surface area contributed by atoms with Crippen LogP contribution in [0.2, 0.25) is 0 Å². The largest absolute Gasteiger partial charge is 0.510 e. The minimum Gasteiger partial charge on any atom is -0.510 e. The molecule has 1 aromatic rings. The number of fused-ring (bicyclic) bond motifs is 3. The molecular weight excluding hydrogens is 644 g/mol. The molecule has 0 bridgehead atoms. The number of unbranched alkanes of at least 4 members (excludes halogenated alkanes) is 9. The van der Waals surface area contributed by atoms with Crippen LogP contribution in [0.4, 0.5) is 0 Å². The van der Waals surface area contributed by atoms with Crippen LogP contribution >= 0.6 is 0 Å². The van der Waals surface area contributed by atoms with E-state index in [1.54, 1.807) is 0 Å². The third-order valence-electron chi connectivity index (χ3n) is 9.78. The molecule has 13 nitrogen and oxygen atoms in total. The Morgan fingerprint density at radius 2 is 1.50 bits per heavy atom. The number of ketones is 2. The number of Topliss-reactive ketones (excluding diaryl/α,β-unsaturated/α-hetero) is 2. The van der Waals surface area contributed by atoms with Crippen molar-refractivity contribution in [3.8, 4) is 5.75 Å². The van der Waals surface area contributed by atoms with Gasteiger partial charge in [0.25, 0.3) is 16.0 Å². The third kappa shape index (κ3) is 7.78. The fourth-order valence-electron chi connectivity index (χ4n) is 7.28. The molecule has 0 saturated heterocycles. The van der Waals surface area contributed by atoms with Gasteiger partial charge in [-0.15, -0.1) is 0 Å². The van der Waals surface area contributed by atoms with Gasteiger partial charge in [0.1, 0.15) is 22.8 Å². The number of phenolic OH excluding ortho intramolecular Hbond substituents is 1. The number of carbonyl (C=O) groups excluding carboxylic acids is 3. The van der Waals surface area contributed by atoms with Crippen LogP contribution < -0.4 is 5.73 Å². The Labute approximate surface area is 281 Å². The number of aliphatic hydroxyl groups excluding tert-OH is 2. The Morgan fingerprint density at radius 3 is 2.00 bits per heavy atom. The summed E-state index contributed by atoms with van der Waals surface area (Å²) < 4.78 is 29.4. The van der Waals surface area contributed by atoms with Gasteiger partial charge in [-0.25, -0.2) is 0 Å². The van der Waals surface area contributed by atoms with Crippen molar-refractivity contribution in [1.29, 1.82) is 0 Å². The second kappa shape index (κ2) is 15.5. The van der Waals surface area contributed by atoms with Crippen LogP contribution in [0.1, 0.15) is 100 Å². The highest BCUT2D eigenvalue weighted by molar-refractivity contribution is 7.85. The minimum absolute atomic E-state index is 0.0799. The van der Waals surface area contributed by atoms with Gasteiger partial charge in [0.2, 0.25) is 5.78 Å². The second-order valence-electron chi connectivity index (χ2n) is 13.4. The average molecular weight is 695 g/mol. The fraction of sp³-hybridized carbons (Fsp3) is 0.618. The van der Waals surface area contributed by atoms with Crippen molar-refractivity contribution in [3.63, 3.8) is 0 Å². The van der Waals surface area contributed by atoms with Gasteiger partial charge in [-0.3, -0.25) is 23.8 Å². The Kier molecular flexibility index (Phi) is 12.6. The van der Waals surface area contributed by atoms with Crippen LogP contribution in [0.5, 0.6) is 5.75 Å². The molecule has 4 rings (SSSR count). The third-order valence-corrected chi connectivity index (χ3v) is 10.6. The number of primary amides is 1. The standard InChI is InChI=1S/C22H24N2O8.C12H26O3S/c1-21(31)8-5-4-6-11(25)12(8)16(26)13-9(21)7-10-15(24(2)3)17(27)14(20(23)30)19(29)22(10,32)18(13)28;1-2-3-4-5-6-7-8-9-10-11-12-16(13,14)15/h4-6,9-10,15,25,27-28,31-32H,7H2,1-3H3,(H2,23,30);2-12H2,1H3,(H,13,14,15)/t9-,10-,15-,21+,22-;/m0./s1. The number of likely N-dealkylation sites (N-methyl/N-ethyl adjacent to an activating group) is 1. The molecule has 48 heavy (non-hydrogen) atoms. The molecule has 0 radical (unpaired) electrons. The van der Waals surface area contributed by atoms with Crippen LogP contribution in [0.25, 0.3) is 0 Å². The van der Waals surface area contributed by atoms with Gasteiger partial charge in [-0.1, -0.05) is 76.8 Å². The van der Waals surface area contributed by atoms with Gasteiger partial charge in [-0.05, 0) is 45.5 Å².